The normalized spacial score (nSPS) is 24.4. The number of amides is 4. The van der Waals surface area contributed by atoms with Crippen LogP contribution < -0.4 is 10.6 Å². The van der Waals surface area contributed by atoms with Crippen molar-refractivity contribution in [2.75, 3.05) is 13.1 Å². The molecule has 2 fully saturated rings. The maximum absolute atomic E-state index is 12.6. The topological polar surface area (TPSA) is 78.5 Å². The first-order valence-electron chi connectivity index (χ1n) is 6.91. The number of nitrogens with zero attached hydrogens (tertiary/aromatic N) is 1. The van der Waals surface area contributed by atoms with E-state index in [1.165, 1.54) is 0 Å². The van der Waals surface area contributed by atoms with Crippen LogP contribution in [0, 0.1) is 13.8 Å². The lowest BCUT2D eigenvalue weighted by Gasteiger charge is -2.21. The summed E-state index contributed by atoms with van der Waals surface area (Å²) in [6.45, 7) is 4.51. The maximum Gasteiger partial charge on any atom is 0.322 e. The van der Waals surface area contributed by atoms with E-state index in [-0.39, 0.29) is 18.4 Å². The molecule has 0 saturated carbocycles. The molecule has 1 aromatic carbocycles. The Morgan fingerprint density at radius 2 is 2.05 bits per heavy atom. The van der Waals surface area contributed by atoms with Gasteiger partial charge in [0.2, 0.25) is 0 Å². The van der Waals surface area contributed by atoms with E-state index in [1.54, 1.807) is 4.90 Å². The minimum absolute atomic E-state index is 0.0953. The van der Waals surface area contributed by atoms with Gasteiger partial charge in [0.15, 0.2) is 0 Å². The molecule has 4 amide bonds. The van der Waals surface area contributed by atoms with Crippen molar-refractivity contribution >= 4 is 17.8 Å². The van der Waals surface area contributed by atoms with Crippen LogP contribution in [-0.4, -0.2) is 41.4 Å². The van der Waals surface area contributed by atoms with Crippen LogP contribution in [0.3, 0.4) is 0 Å². The van der Waals surface area contributed by atoms with Gasteiger partial charge in [0.25, 0.3) is 11.8 Å². The van der Waals surface area contributed by atoms with Crippen LogP contribution in [0.4, 0.5) is 4.79 Å². The van der Waals surface area contributed by atoms with Crippen LogP contribution in [0.2, 0.25) is 0 Å². The van der Waals surface area contributed by atoms with E-state index < -0.39 is 11.6 Å². The third-order valence-electron chi connectivity index (χ3n) is 4.19. The van der Waals surface area contributed by atoms with Crippen molar-refractivity contribution in [2.24, 2.45) is 0 Å². The number of aryl methyl sites for hydroxylation is 2. The van der Waals surface area contributed by atoms with Crippen molar-refractivity contribution in [3.05, 3.63) is 34.9 Å². The smallest absolute Gasteiger partial charge is 0.322 e. The number of urea groups is 1. The summed E-state index contributed by atoms with van der Waals surface area (Å²) in [5.41, 5.74) is 1.62. The second-order valence-corrected chi connectivity index (χ2v) is 5.79. The molecule has 2 heterocycles. The summed E-state index contributed by atoms with van der Waals surface area (Å²) < 4.78 is 0. The third kappa shape index (κ3) is 2.16. The second kappa shape index (κ2) is 4.58. The summed E-state index contributed by atoms with van der Waals surface area (Å²) in [5.74, 6) is -0.439. The van der Waals surface area contributed by atoms with Crippen molar-refractivity contribution in [3.63, 3.8) is 0 Å². The van der Waals surface area contributed by atoms with E-state index >= 15 is 0 Å². The van der Waals surface area contributed by atoms with Gasteiger partial charge < -0.3 is 10.2 Å². The average Bonchev–Trinajstić information content (AvgIpc) is 2.97. The van der Waals surface area contributed by atoms with Crippen molar-refractivity contribution < 1.29 is 14.4 Å². The van der Waals surface area contributed by atoms with Gasteiger partial charge in [0.05, 0.1) is 6.54 Å². The SMILES string of the molecule is Cc1ccc(C)c(C(=O)N2CCC3(C2)NC(=O)NC3=O)c1. The molecule has 6 heteroatoms. The van der Waals surface area contributed by atoms with E-state index in [2.05, 4.69) is 10.6 Å². The van der Waals surface area contributed by atoms with Gasteiger partial charge in [0, 0.05) is 12.1 Å². The lowest BCUT2D eigenvalue weighted by atomic mass is 9.99. The number of nitrogens with one attached hydrogen (secondary N) is 2. The summed E-state index contributed by atoms with van der Waals surface area (Å²) in [6, 6.07) is 5.25. The number of imide groups is 1. The quantitative estimate of drug-likeness (QED) is 0.747. The summed E-state index contributed by atoms with van der Waals surface area (Å²) >= 11 is 0. The largest absolute Gasteiger partial charge is 0.336 e. The van der Waals surface area contributed by atoms with Crippen LogP contribution in [0.5, 0.6) is 0 Å². The number of carbonyl (C=O) groups is 3. The third-order valence-corrected chi connectivity index (χ3v) is 4.19. The fourth-order valence-electron chi connectivity index (χ4n) is 2.94. The van der Waals surface area contributed by atoms with Gasteiger partial charge in [-0.05, 0) is 31.9 Å². The maximum atomic E-state index is 12.6. The molecule has 2 aliphatic heterocycles. The van der Waals surface area contributed by atoms with Crippen molar-refractivity contribution in [1.82, 2.24) is 15.5 Å². The molecule has 21 heavy (non-hydrogen) atoms. The summed E-state index contributed by atoms with van der Waals surface area (Å²) in [5, 5.41) is 4.89. The first-order valence-corrected chi connectivity index (χ1v) is 6.91. The zero-order valence-electron chi connectivity index (χ0n) is 12.0. The van der Waals surface area contributed by atoms with Gasteiger partial charge in [0.1, 0.15) is 5.54 Å². The lowest BCUT2D eigenvalue weighted by molar-refractivity contribution is -0.123. The first kappa shape index (κ1) is 13.6. The molecule has 0 aliphatic carbocycles. The van der Waals surface area contributed by atoms with Gasteiger partial charge in [-0.15, -0.1) is 0 Å². The van der Waals surface area contributed by atoms with Gasteiger partial charge in [-0.1, -0.05) is 17.7 Å². The van der Waals surface area contributed by atoms with E-state index in [9.17, 15) is 14.4 Å². The van der Waals surface area contributed by atoms with Crippen LogP contribution in [0.15, 0.2) is 18.2 Å². The van der Waals surface area contributed by atoms with Crippen LogP contribution in [0.1, 0.15) is 27.9 Å². The minimum atomic E-state index is -0.954. The Bertz CT molecular complexity index is 656. The molecule has 6 nitrogen and oxygen atoms in total. The zero-order valence-corrected chi connectivity index (χ0v) is 12.0. The highest BCUT2D eigenvalue weighted by Gasteiger charge is 2.51. The zero-order chi connectivity index (χ0) is 15.2. The molecule has 1 aromatic rings. The highest BCUT2D eigenvalue weighted by atomic mass is 16.2. The number of likely N-dealkylation sites (tertiary alicyclic amines) is 1. The van der Waals surface area contributed by atoms with E-state index in [1.807, 2.05) is 32.0 Å². The highest BCUT2D eigenvalue weighted by Crippen LogP contribution is 2.26. The number of rotatable bonds is 1. The molecule has 2 saturated heterocycles. The molecule has 1 spiro atoms. The predicted octanol–water partition coefficient (Wildman–Crippen LogP) is 0.728. The molecule has 2 N–H and O–H groups in total. The van der Waals surface area contributed by atoms with E-state index in [0.717, 1.165) is 11.1 Å². The van der Waals surface area contributed by atoms with E-state index in [4.69, 9.17) is 0 Å². The van der Waals surface area contributed by atoms with Gasteiger partial charge in [-0.3, -0.25) is 14.9 Å². The Morgan fingerprint density at radius 3 is 2.71 bits per heavy atom. The Hall–Kier alpha value is -2.37. The Labute approximate surface area is 122 Å². The molecule has 2 aliphatic rings. The van der Waals surface area contributed by atoms with Crippen LogP contribution in [-0.2, 0) is 4.79 Å². The summed E-state index contributed by atoms with van der Waals surface area (Å²) in [7, 11) is 0. The number of hydrogen-bond acceptors (Lipinski definition) is 3. The molecule has 110 valence electrons. The van der Waals surface area contributed by atoms with Gasteiger partial charge in [-0.25, -0.2) is 4.79 Å². The average molecular weight is 287 g/mol. The molecule has 0 bridgehead atoms. The Balaban J connectivity index is 1.83. The van der Waals surface area contributed by atoms with E-state index in [0.29, 0.717) is 18.5 Å². The summed E-state index contributed by atoms with van der Waals surface area (Å²) in [6.07, 6.45) is 0.446. The molecule has 0 aromatic heterocycles. The first-order chi connectivity index (χ1) is 9.91. The molecule has 1 atom stereocenters. The highest BCUT2D eigenvalue weighted by molar-refractivity contribution is 6.08. The molecule has 1 unspecified atom stereocenters. The Morgan fingerprint density at radius 1 is 1.29 bits per heavy atom. The van der Waals surface area contributed by atoms with Crippen molar-refractivity contribution in [3.8, 4) is 0 Å². The standard InChI is InChI=1S/C15H17N3O3/c1-9-3-4-10(2)11(7-9)12(19)18-6-5-15(8-18)13(20)16-14(21)17-15/h3-4,7H,5-6,8H2,1-2H3,(H2,16,17,20,21). The minimum Gasteiger partial charge on any atom is -0.336 e. The van der Waals surface area contributed by atoms with Crippen LogP contribution >= 0.6 is 0 Å². The predicted molar refractivity (Wildman–Crippen MR) is 75.8 cm³/mol. The molecular formula is C15H17N3O3. The van der Waals surface area contributed by atoms with Crippen molar-refractivity contribution in [1.29, 1.82) is 0 Å². The molecule has 0 radical (unpaired) electrons. The molecular weight excluding hydrogens is 270 g/mol. The second-order valence-electron chi connectivity index (χ2n) is 5.79. The summed E-state index contributed by atoms with van der Waals surface area (Å²) in [4.78, 5) is 37.5. The monoisotopic (exact) mass is 287 g/mol. The lowest BCUT2D eigenvalue weighted by Crippen LogP contribution is -2.49. The number of benzene rings is 1. The number of hydrogen-bond donors (Lipinski definition) is 2. The van der Waals surface area contributed by atoms with Crippen LogP contribution in [0.25, 0.3) is 0 Å². The van der Waals surface area contributed by atoms with Crippen molar-refractivity contribution in [2.45, 2.75) is 25.8 Å². The fraction of sp³-hybridized carbons (Fsp3) is 0.400. The molecule has 3 rings (SSSR count). The van der Waals surface area contributed by atoms with Gasteiger partial charge >= 0.3 is 6.03 Å². The Kier molecular flexibility index (Phi) is 2.97. The van der Waals surface area contributed by atoms with Gasteiger partial charge in [-0.2, -0.15) is 0 Å². The number of carbonyl (C=O) groups excluding carboxylic acids is 3. The fourth-order valence-corrected chi connectivity index (χ4v) is 2.94.